The van der Waals surface area contributed by atoms with Gasteiger partial charge in [-0.2, -0.15) is 0 Å². The molecule has 4 rings (SSSR count). The Morgan fingerprint density at radius 3 is 2.68 bits per heavy atom. The van der Waals surface area contributed by atoms with E-state index in [0.717, 1.165) is 35.9 Å². The number of piperazine rings is 1. The van der Waals surface area contributed by atoms with Crippen LogP contribution < -0.4 is 4.90 Å². The average molecular weight is 355 g/mol. The van der Waals surface area contributed by atoms with Gasteiger partial charge in [-0.05, 0) is 43.2 Å². The number of aromatic nitrogens is 1. The summed E-state index contributed by atoms with van der Waals surface area (Å²) in [6.45, 7) is 6.99. The second-order valence-electron chi connectivity index (χ2n) is 6.34. The van der Waals surface area contributed by atoms with Crippen molar-refractivity contribution in [1.29, 1.82) is 0 Å². The molecule has 1 fully saturated rings. The van der Waals surface area contributed by atoms with Crippen molar-refractivity contribution >= 4 is 32.6 Å². The average Bonchev–Trinajstić information content (AvgIpc) is 3.26. The van der Waals surface area contributed by atoms with Crippen LogP contribution in [0.4, 0.5) is 5.13 Å². The number of hydrogen-bond acceptors (Lipinski definition) is 5. The molecule has 1 aliphatic rings. The highest BCUT2D eigenvalue weighted by atomic mass is 32.1. The third-order valence-electron chi connectivity index (χ3n) is 4.64. The van der Waals surface area contributed by atoms with E-state index in [2.05, 4.69) is 30.0 Å². The van der Waals surface area contributed by atoms with Crippen LogP contribution >= 0.6 is 11.3 Å². The Morgan fingerprint density at radius 1 is 1.20 bits per heavy atom. The summed E-state index contributed by atoms with van der Waals surface area (Å²) in [4.78, 5) is 21.4. The van der Waals surface area contributed by atoms with E-state index in [1.54, 1.807) is 17.4 Å². The lowest BCUT2D eigenvalue weighted by atomic mass is 10.2. The Hall–Kier alpha value is -2.34. The summed E-state index contributed by atoms with van der Waals surface area (Å²) in [5.74, 6) is 1.17. The maximum absolute atomic E-state index is 12.5. The van der Waals surface area contributed by atoms with Crippen LogP contribution in [0.15, 0.2) is 34.7 Å². The summed E-state index contributed by atoms with van der Waals surface area (Å²) in [6.07, 6.45) is 1.04. The van der Waals surface area contributed by atoms with Gasteiger partial charge in [0.15, 0.2) is 10.9 Å². The first-order valence-corrected chi connectivity index (χ1v) is 9.46. The zero-order chi connectivity index (χ0) is 17.4. The minimum absolute atomic E-state index is 0.0235. The van der Waals surface area contributed by atoms with Crippen LogP contribution in [-0.2, 0) is 6.42 Å². The van der Waals surface area contributed by atoms with Crippen molar-refractivity contribution in [2.24, 2.45) is 0 Å². The first kappa shape index (κ1) is 16.1. The molecule has 5 nitrogen and oxygen atoms in total. The number of fused-ring (bicyclic) bond motifs is 1. The second-order valence-corrected chi connectivity index (χ2v) is 7.35. The topological polar surface area (TPSA) is 49.6 Å². The Kier molecular flexibility index (Phi) is 4.21. The smallest absolute Gasteiger partial charge is 0.289 e. The van der Waals surface area contributed by atoms with Crippen molar-refractivity contribution in [3.05, 3.63) is 47.4 Å². The Bertz CT molecular complexity index is 906. The molecule has 0 N–H and O–H groups in total. The van der Waals surface area contributed by atoms with E-state index in [-0.39, 0.29) is 5.91 Å². The Balaban J connectivity index is 1.45. The molecule has 0 saturated carbocycles. The lowest BCUT2D eigenvalue weighted by molar-refractivity contribution is 0.0713. The van der Waals surface area contributed by atoms with Gasteiger partial charge in [-0.15, -0.1) is 0 Å². The van der Waals surface area contributed by atoms with Crippen LogP contribution in [0, 0.1) is 6.92 Å². The van der Waals surface area contributed by atoms with Crippen molar-refractivity contribution in [2.75, 3.05) is 31.1 Å². The summed E-state index contributed by atoms with van der Waals surface area (Å²) < 4.78 is 6.69. The van der Waals surface area contributed by atoms with Gasteiger partial charge >= 0.3 is 0 Å². The molecule has 3 heterocycles. The monoisotopic (exact) mass is 355 g/mol. The zero-order valence-electron chi connectivity index (χ0n) is 14.5. The van der Waals surface area contributed by atoms with E-state index in [1.165, 1.54) is 10.3 Å². The maximum Gasteiger partial charge on any atom is 0.289 e. The van der Waals surface area contributed by atoms with Crippen LogP contribution in [0.5, 0.6) is 0 Å². The minimum atomic E-state index is -0.0235. The van der Waals surface area contributed by atoms with Crippen molar-refractivity contribution < 1.29 is 9.21 Å². The molecule has 0 unspecified atom stereocenters. The van der Waals surface area contributed by atoms with E-state index in [0.29, 0.717) is 18.8 Å². The molecule has 0 radical (unpaired) electrons. The molecule has 0 bridgehead atoms. The lowest BCUT2D eigenvalue weighted by Gasteiger charge is -2.34. The first-order chi connectivity index (χ1) is 12.1. The quantitative estimate of drug-likeness (QED) is 0.718. The van der Waals surface area contributed by atoms with E-state index in [9.17, 15) is 4.79 Å². The van der Waals surface area contributed by atoms with Gasteiger partial charge in [0.2, 0.25) is 0 Å². The molecule has 6 heteroatoms. The molecule has 0 atom stereocenters. The van der Waals surface area contributed by atoms with Gasteiger partial charge in [-0.25, -0.2) is 4.98 Å². The highest BCUT2D eigenvalue weighted by molar-refractivity contribution is 7.22. The number of carbonyl (C=O) groups excluding carboxylic acids is 1. The van der Waals surface area contributed by atoms with Crippen LogP contribution in [-0.4, -0.2) is 42.0 Å². The van der Waals surface area contributed by atoms with E-state index in [4.69, 9.17) is 9.40 Å². The lowest BCUT2D eigenvalue weighted by Crippen LogP contribution is -2.48. The molecule has 1 amide bonds. The summed E-state index contributed by atoms with van der Waals surface area (Å²) >= 11 is 1.74. The summed E-state index contributed by atoms with van der Waals surface area (Å²) in [5.41, 5.74) is 2.40. The van der Waals surface area contributed by atoms with Gasteiger partial charge in [0.1, 0.15) is 5.76 Å². The number of amides is 1. The predicted octanol–water partition coefficient (Wildman–Crippen LogP) is 3.72. The fourth-order valence-corrected chi connectivity index (χ4v) is 4.20. The van der Waals surface area contributed by atoms with E-state index < -0.39 is 0 Å². The van der Waals surface area contributed by atoms with Gasteiger partial charge in [0.25, 0.3) is 5.91 Å². The minimum Gasteiger partial charge on any atom is -0.456 e. The number of anilines is 1. The van der Waals surface area contributed by atoms with Crippen molar-refractivity contribution in [3.8, 4) is 0 Å². The molecule has 2 aromatic heterocycles. The number of nitrogens with zero attached hydrogens (tertiary/aromatic N) is 3. The first-order valence-electron chi connectivity index (χ1n) is 8.64. The third kappa shape index (κ3) is 3.14. The van der Waals surface area contributed by atoms with Gasteiger partial charge < -0.3 is 14.2 Å². The van der Waals surface area contributed by atoms with Crippen molar-refractivity contribution in [2.45, 2.75) is 20.3 Å². The van der Waals surface area contributed by atoms with Crippen LogP contribution in [0.2, 0.25) is 0 Å². The van der Waals surface area contributed by atoms with Gasteiger partial charge in [0, 0.05) is 26.2 Å². The number of carbonyl (C=O) groups is 1. The summed E-state index contributed by atoms with van der Waals surface area (Å²) in [7, 11) is 0. The van der Waals surface area contributed by atoms with Gasteiger partial charge in [0.05, 0.1) is 10.2 Å². The molecule has 3 aromatic rings. The van der Waals surface area contributed by atoms with Crippen molar-refractivity contribution in [3.63, 3.8) is 0 Å². The SMILES string of the molecule is CCc1ccc2nc(N3CCN(C(=O)c4ccc(C)o4)CC3)sc2c1. The number of benzene rings is 1. The standard InChI is InChI=1S/C19H21N3O2S/c1-3-14-5-6-15-17(12-14)25-19(20-15)22-10-8-21(9-11-22)18(23)16-7-4-13(2)24-16/h4-7,12H,3,8-11H2,1-2H3. The molecule has 1 aliphatic heterocycles. The van der Waals surface area contributed by atoms with E-state index in [1.807, 2.05) is 17.9 Å². The fourth-order valence-electron chi connectivity index (χ4n) is 3.12. The zero-order valence-corrected chi connectivity index (χ0v) is 15.3. The van der Waals surface area contributed by atoms with Crippen LogP contribution in [0.3, 0.4) is 0 Å². The third-order valence-corrected chi connectivity index (χ3v) is 5.72. The number of rotatable bonds is 3. The number of aryl methyl sites for hydroxylation is 2. The molecule has 1 saturated heterocycles. The van der Waals surface area contributed by atoms with Gasteiger partial charge in [-0.3, -0.25) is 4.79 Å². The molecule has 0 aliphatic carbocycles. The molecule has 0 spiro atoms. The maximum atomic E-state index is 12.5. The number of hydrogen-bond donors (Lipinski definition) is 0. The normalized spacial score (nSPS) is 15.1. The summed E-state index contributed by atoms with van der Waals surface area (Å²) in [5, 5.41) is 1.05. The van der Waals surface area contributed by atoms with Crippen LogP contribution in [0.25, 0.3) is 10.2 Å². The number of thiazole rings is 1. The number of furan rings is 1. The largest absolute Gasteiger partial charge is 0.456 e. The highest BCUT2D eigenvalue weighted by Crippen LogP contribution is 2.30. The Morgan fingerprint density at radius 2 is 2.00 bits per heavy atom. The molecule has 1 aromatic carbocycles. The molecular formula is C19H21N3O2S. The van der Waals surface area contributed by atoms with Crippen LogP contribution in [0.1, 0.15) is 28.8 Å². The fraction of sp³-hybridized carbons (Fsp3) is 0.368. The summed E-state index contributed by atoms with van der Waals surface area (Å²) in [6, 6.07) is 10.1. The second kappa shape index (κ2) is 6.52. The Labute approximate surface area is 150 Å². The molecule has 25 heavy (non-hydrogen) atoms. The predicted molar refractivity (Wildman–Crippen MR) is 101 cm³/mol. The van der Waals surface area contributed by atoms with Gasteiger partial charge in [-0.1, -0.05) is 24.3 Å². The molecule has 130 valence electrons. The van der Waals surface area contributed by atoms with E-state index >= 15 is 0 Å². The highest BCUT2D eigenvalue weighted by Gasteiger charge is 2.25. The molecular weight excluding hydrogens is 334 g/mol. The van der Waals surface area contributed by atoms with Crippen molar-refractivity contribution in [1.82, 2.24) is 9.88 Å².